The highest BCUT2D eigenvalue weighted by Crippen LogP contribution is 2.39. The number of nitrogens with two attached hydrogens (primary N) is 1. The van der Waals surface area contributed by atoms with Crippen molar-refractivity contribution in [1.82, 2.24) is 5.32 Å². The van der Waals surface area contributed by atoms with Crippen molar-refractivity contribution >= 4 is 18.3 Å². The molecule has 120 valence electrons. The summed E-state index contributed by atoms with van der Waals surface area (Å²) >= 11 is 0. The summed E-state index contributed by atoms with van der Waals surface area (Å²) in [5, 5.41) is 3.07. The maximum absolute atomic E-state index is 11.9. The Morgan fingerprint density at radius 1 is 1.20 bits per heavy atom. The molecule has 0 heterocycles. The third kappa shape index (κ3) is 6.01. The topological polar surface area (TPSA) is 55.1 Å². The largest absolute Gasteiger partial charge is 0.356 e. The zero-order chi connectivity index (χ0) is 14.6. The van der Waals surface area contributed by atoms with E-state index in [0.717, 1.165) is 12.5 Å². The number of hydrogen-bond acceptors (Lipinski definition) is 2. The van der Waals surface area contributed by atoms with Crippen molar-refractivity contribution in [2.75, 3.05) is 6.54 Å². The monoisotopic (exact) mass is 304 g/mol. The summed E-state index contributed by atoms with van der Waals surface area (Å²) < 4.78 is 0. The van der Waals surface area contributed by atoms with Gasteiger partial charge in [-0.2, -0.15) is 0 Å². The summed E-state index contributed by atoms with van der Waals surface area (Å²) in [6, 6.07) is -0.0726. The molecule has 0 saturated heterocycles. The van der Waals surface area contributed by atoms with Gasteiger partial charge in [-0.05, 0) is 49.9 Å². The Bertz CT molecular complexity index is 291. The van der Waals surface area contributed by atoms with E-state index in [9.17, 15) is 4.79 Å². The first-order valence-electron chi connectivity index (χ1n) is 7.75. The number of rotatable bonds is 4. The van der Waals surface area contributed by atoms with Gasteiger partial charge in [0.1, 0.15) is 0 Å². The molecule has 3 nitrogen and oxygen atoms in total. The van der Waals surface area contributed by atoms with E-state index in [1.165, 1.54) is 25.7 Å². The van der Waals surface area contributed by atoms with Gasteiger partial charge >= 0.3 is 0 Å². The van der Waals surface area contributed by atoms with Gasteiger partial charge in [-0.3, -0.25) is 4.79 Å². The molecule has 2 atom stereocenters. The predicted molar refractivity (Wildman–Crippen MR) is 88.0 cm³/mol. The van der Waals surface area contributed by atoms with Gasteiger partial charge in [0.2, 0.25) is 5.91 Å². The lowest BCUT2D eigenvalue weighted by molar-refractivity contribution is -0.125. The van der Waals surface area contributed by atoms with E-state index in [1.807, 2.05) is 13.8 Å². The molecule has 0 aromatic carbocycles. The molecular formula is C16H33ClN2O. The van der Waals surface area contributed by atoms with Crippen LogP contribution in [0.25, 0.3) is 0 Å². The Balaban J connectivity index is 0.00000361. The molecule has 1 aliphatic carbocycles. The van der Waals surface area contributed by atoms with Gasteiger partial charge in [-0.1, -0.05) is 27.7 Å². The Hall–Kier alpha value is -0.280. The average Bonchev–Trinajstić information content (AvgIpc) is 2.34. The van der Waals surface area contributed by atoms with Crippen LogP contribution in [-0.4, -0.2) is 18.5 Å². The van der Waals surface area contributed by atoms with Gasteiger partial charge in [0.15, 0.2) is 0 Å². The highest BCUT2D eigenvalue weighted by Gasteiger charge is 2.29. The van der Waals surface area contributed by atoms with Crippen LogP contribution in [0.1, 0.15) is 60.3 Å². The smallest absolute Gasteiger partial charge is 0.224 e. The molecule has 0 spiro atoms. The number of halogens is 1. The molecule has 0 aromatic heterocycles. The average molecular weight is 305 g/mol. The van der Waals surface area contributed by atoms with Crippen molar-refractivity contribution in [3.8, 4) is 0 Å². The number of carbonyl (C=O) groups excluding carboxylic acids is 1. The lowest BCUT2D eigenvalue weighted by Gasteiger charge is -2.37. The van der Waals surface area contributed by atoms with Gasteiger partial charge in [0.05, 0.1) is 0 Å². The minimum Gasteiger partial charge on any atom is -0.356 e. The van der Waals surface area contributed by atoms with E-state index in [4.69, 9.17) is 5.73 Å². The molecule has 1 rings (SSSR count). The fourth-order valence-electron chi connectivity index (χ4n) is 2.88. The van der Waals surface area contributed by atoms with Crippen molar-refractivity contribution in [2.45, 2.75) is 66.3 Å². The summed E-state index contributed by atoms with van der Waals surface area (Å²) in [4.78, 5) is 11.9. The summed E-state index contributed by atoms with van der Waals surface area (Å²) in [6.45, 7) is 11.6. The van der Waals surface area contributed by atoms with Crippen LogP contribution in [0.3, 0.4) is 0 Å². The van der Waals surface area contributed by atoms with Crippen LogP contribution in [0.4, 0.5) is 0 Å². The number of carbonyl (C=O) groups is 1. The van der Waals surface area contributed by atoms with Crippen molar-refractivity contribution in [3.05, 3.63) is 0 Å². The molecule has 1 amide bonds. The maximum atomic E-state index is 11.9. The molecule has 3 N–H and O–H groups in total. The second-order valence-electron chi connectivity index (χ2n) is 7.48. The standard InChI is InChI=1S/C16H32N2O.ClH/c1-11(12(2)17)15(19)18-10-13-6-8-14(9-7-13)16(3,4)5;/h11-14H,6-10,17H2,1-5H3,(H,18,19);1H. The highest BCUT2D eigenvalue weighted by molar-refractivity contribution is 5.85. The second-order valence-corrected chi connectivity index (χ2v) is 7.48. The molecule has 0 aromatic rings. The number of hydrogen-bond donors (Lipinski definition) is 2. The van der Waals surface area contributed by atoms with E-state index in [0.29, 0.717) is 11.3 Å². The minimum absolute atomic E-state index is 0. The van der Waals surface area contributed by atoms with Crippen LogP contribution in [0.5, 0.6) is 0 Å². The van der Waals surface area contributed by atoms with Crippen molar-refractivity contribution < 1.29 is 4.79 Å². The van der Waals surface area contributed by atoms with E-state index in [2.05, 4.69) is 26.1 Å². The SMILES string of the molecule is CC(N)C(C)C(=O)NCC1CCC(C(C)(C)C)CC1.Cl. The van der Waals surface area contributed by atoms with Crippen molar-refractivity contribution in [1.29, 1.82) is 0 Å². The van der Waals surface area contributed by atoms with Gasteiger partial charge in [-0.25, -0.2) is 0 Å². The first-order chi connectivity index (χ1) is 8.71. The van der Waals surface area contributed by atoms with Gasteiger partial charge in [-0.15, -0.1) is 12.4 Å². The zero-order valence-corrected chi connectivity index (χ0v) is 14.6. The van der Waals surface area contributed by atoms with E-state index >= 15 is 0 Å². The Kier molecular flexibility index (Phi) is 8.12. The van der Waals surface area contributed by atoms with Crippen LogP contribution in [0, 0.1) is 23.2 Å². The van der Waals surface area contributed by atoms with Crippen molar-refractivity contribution in [2.24, 2.45) is 28.9 Å². The van der Waals surface area contributed by atoms with Crippen LogP contribution in [0.2, 0.25) is 0 Å². The van der Waals surface area contributed by atoms with E-state index in [1.54, 1.807) is 0 Å². The minimum atomic E-state index is -0.0917. The Morgan fingerprint density at radius 3 is 2.10 bits per heavy atom. The first kappa shape index (κ1) is 19.7. The lowest BCUT2D eigenvalue weighted by atomic mass is 9.70. The van der Waals surface area contributed by atoms with Gasteiger partial charge in [0, 0.05) is 18.5 Å². The van der Waals surface area contributed by atoms with Crippen LogP contribution < -0.4 is 11.1 Å². The molecular weight excluding hydrogens is 272 g/mol. The fourth-order valence-corrected chi connectivity index (χ4v) is 2.88. The summed E-state index contributed by atoms with van der Waals surface area (Å²) in [5.41, 5.74) is 6.18. The first-order valence-corrected chi connectivity index (χ1v) is 7.75. The molecule has 4 heteroatoms. The number of nitrogens with one attached hydrogen (secondary N) is 1. The Labute approximate surface area is 130 Å². The van der Waals surface area contributed by atoms with Gasteiger partial charge < -0.3 is 11.1 Å². The molecule has 20 heavy (non-hydrogen) atoms. The fraction of sp³-hybridized carbons (Fsp3) is 0.938. The Morgan fingerprint density at radius 2 is 1.70 bits per heavy atom. The number of amides is 1. The third-order valence-corrected chi connectivity index (χ3v) is 4.84. The van der Waals surface area contributed by atoms with Crippen LogP contribution in [-0.2, 0) is 4.79 Å². The zero-order valence-electron chi connectivity index (χ0n) is 13.7. The molecule has 1 saturated carbocycles. The maximum Gasteiger partial charge on any atom is 0.224 e. The summed E-state index contributed by atoms with van der Waals surface area (Å²) in [7, 11) is 0. The van der Waals surface area contributed by atoms with E-state index < -0.39 is 0 Å². The summed E-state index contributed by atoms with van der Waals surface area (Å²) in [6.07, 6.45) is 5.09. The highest BCUT2D eigenvalue weighted by atomic mass is 35.5. The molecule has 2 unspecified atom stereocenters. The quantitative estimate of drug-likeness (QED) is 0.837. The molecule has 0 aliphatic heterocycles. The van der Waals surface area contributed by atoms with Gasteiger partial charge in [0.25, 0.3) is 0 Å². The molecule has 1 fully saturated rings. The third-order valence-electron chi connectivity index (χ3n) is 4.84. The summed E-state index contributed by atoms with van der Waals surface area (Å²) in [5.74, 6) is 1.50. The van der Waals surface area contributed by atoms with Crippen LogP contribution in [0.15, 0.2) is 0 Å². The van der Waals surface area contributed by atoms with Crippen molar-refractivity contribution in [3.63, 3.8) is 0 Å². The molecule has 1 aliphatic rings. The lowest BCUT2D eigenvalue weighted by Crippen LogP contribution is -2.41. The predicted octanol–water partition coefficient (Wildman–Crippen LogP) is 3.36. The van der Waals surface area contributed by atoms with Crippen LogP contribution >= 0.6 is 12.4 Å². The molecule has 0 radical (unpaired) electrons. The molecule has 0 bridgehead atoms. The normalized spacial score (nSPS) is 26.3. The van der Waals surface area contributed by atoms with E-state index in [-0.39, 0.29) is 30.3 Å². The second kappa shape index (κ2) is 8.23.